The van der Waals surface area contributed by atoms with E-state index in [-0.39, 0.29) is 5.69 Å². The number of halogens is 2. The molecule has 0 bridgehead atoms. The second kappa shape index (κ2) is 7.17. The van der Waals surface area contributed by atoms with E-state index in [0.717, 1.165) is 37.0 Å². The molecule has 2 aromatic rings. The van der Waals surface area contributed by atoms with Gasteiger partial charge in [0.1, 0.15) is 11.6 Å². The molecule has 4 nitrogen and oxygen atoms in total. The third kappa shape index (κ3) is 3.67. The van der Waals surface area contributed by atoms with Crippen molar-refractivity contribution in [3.05, 3.63) is 53.6 Å². The van der Waals surface area contributed by atoms with Crippen LogP contribution in [0, 0.1) is 18.6 Å². The molecule has 0 saturated carbocycles. The molecule has 0 fully saturated rings. The highest BCUT2D eigenvalue weighted by atomic mass is 32.2. The first-order valence-corrected chi connectivity index (χ1v) is 9.11. The van der Waals surface area contributed by atoms with Gasteiger partial charge in [0.15, 0.2) is 4.90 Å². The van der Waals surface area contributed by atoms with E-state index in [1.807, 2.05) is 19.9 Å². The van der Waals surface area contributed by atoms with Crippen molar-refractivity contribution in [2.24, 2.45) is 0 Å². The number of nitrogens with zero attached hydrogens (tertiary/aromatic N) is 1. The van der Waals surface area contributed by atoms with Crippen LogP contribution in [0.25, 0.3) is 0 Å². The summed E-state index contributed by atoms with van der Waals surface area (Å²) in [4.78, 5) is 1.14. The van der Waals surface area contributed by atoms with Crippen LogP contribution >= 0.6 is 0 Å². The van der Waals surface area contributed by atoms with Crippen molar-refractivity contribution in [2.45, 2.75) is 25.7 Å². The molecule has 2 aromatic carbocycles. The first kappa shape index (κ1) is 18.2. The van der Waals surface area contributed by atoms with E-state index in [9.17, 15) is 17.2 Å². The van der Waals surface area contributed by atoms with Gasteiger partial charge in [-0.05, 0) is 56.7 Å². The second-order valence-corrected chi connectivity index (χ2v) is 6.95. The fourth-order valence-corrected chi connectivity index (χ4v) is 3.75. The van der Waals surface area contributed by atoms with Crippen LogP contribution in [0.1, 0.15) is 19.4 Å². The van der Waals surface area contributed by atoms with E-state index in [4.69, 9.17) is 0 Å². The van der Waals surface area contributed by atoms with Crippen LogP contribution < -0.4 is 9.62 Å². The first-order chi connectivity index (χ1) is 11.3. The Morgan fingerprint density at radius 1 is 1.04 bits per heavy atom. The number of hydrogen-bond acceptors (Lipinski definition) is 3. The minimum absolute atomic E-state index is 0.286. The lowest BCUT2D eigenvalue weighted by molar-refractivity contribution is 0.521. The number of hydrogen-bond donors (Lipinski definition) is 1. The number of anilines is 2. The zero-order chi connectivity index (χ0) is 17.9. The molecule has 1 N–H and O–H groups in total. The average molecular weight is 354 g/mol. The molecule has 0 heterocycles. The summed E-state index contributed by atoms with van der Waals surface area (Å²) < 4.78 is 54.4. The molecule has 0 aliphatic rings. The molecule has 0 unspecified atom stereocenters. The largest absolute Gasteiger partial charge is 0.372 e. The van der Waals surface area contributed by atoms with Gasteiger partial charge in [0, 0.05) is 18.8 Å². The minimum atomic E-state index is -4.36. The lowest BCUT2D eigenvalue weighted by Gasteiger charge is -2.22. The van der Waals surface area contributed by atoms with Gasteiger partial charge in [-0.2, -0.15) is 0 Å². The number of sulfonamides is 1. The molecular formula is C17H20F2N2O2S. The molecule has 0 aliphatic heterocycles. The Hall–Kier alpha value is -2.15. The van der Waals surface area contributed by atoms with Crippen LogP contribution in [0.4, 0.5) is 20.2 Å². The molecule has 0 atom stereocenters. The first-order valence-electron chi connectivity index (χ1n) is 7.62. The molecule has 2 rings (SSSR count). The van der Waals surface area contributed by atoms with E-state index >= 15 is 0 Å². The molecule has 24 heavy (non-hydrogen) atoms. The highest BCUT2D eigenvalue weighted by molar-refractivity contribution is 7.92. The number of rotatable bonds is 6. The van der Waals surface area contributed by atoms with Crippen LogP contribution in [0.15, 0.2) is 41.3 Å². The summed E-state index contributed by atoms with van der Waals surface area (Å²) in [6, 6.07) is 8.15. The molecule has 0 spiro atoms. The summed E-state index contributed by atoms with van der Waals surface area (Å²) in [6.07, 6.45) is 0. The summed E-state index contributed by atoms with van der Waals surface area (Å²) >= 11 is 0. The van der Waals surface area contributed by atoms with Crippen LogP contribution in [-0.4, -0.2) is 21.5 Å². The van der Waals surface area contributed by atoms with Crippen molar-refractivity contribution < 1.29 is 17.2 Å². The van der Waals surface area contributed by atoms with Crippen LogP contribution in [0.5, 0.6) is 0 Å². The van der Waals surface area contributed by atoms with Crippen LogP contribution in [-0.2, 0) is 10.0 Å². The van der Waals surface area contributed by atoms with Gasteiger partial charge >= 0.3 is 0 Å². The Labute approximate surface area is 141 Å². The fraction of sp³-hybridized carbons (Fsp3) is 0.294. The van der Waals surface area contributed by atoms with Gasteiger partial charge in [0.2, 0.25) is 0 Å². The highest BCUT2D eigenvalue weighted by Crippen LogP contribution is 2.26. The van der Waals surface area contributed by atoms with Gasteiger partial charge in [0.25, 0.3) is 10.0 Å². The zero-order valence-electron chi connectivity index (χ0n) is 13.8. The van der Waals surface area contributed by atoms with Gasteiger partial charge in [-0.25, -0.2) is 17.2 Å². The predicted molar refractivity (Wildman–Crippen MR) is 91.9 cm³/mol. The molecule has 0 amide bonds. The SMILES string of the molecule is CCN(CC)c1ccc(NS(=O)(=O)c2c(F)cccc2F)c(C)c1. The van der Waals surface area contributed by atoms with Crippen LogP contribution in [0.2, 0.25) is 0 Å². The maximum Gasteiger partial charge on any atom is 0.267 e. The quantitative estimate of drug-likeness (QED) is 0.855. The summed E-state index contributed by atoms with van der Waals surface area (Å²) in [7, 11) is -4.36. The molecule has 0 radical (unpaired) electrons. The standard InChI is InChI=1S/C17H20F2N2O2S/c1-4-21(5-2)13-9-10-16(12(3)11-13)20-24(22,23)17-14(18)7-6-8-15(17)19/h6-11,20H,4-5H2,1-3H3. The Balaban J connectivity index is 2.37. The molecule has 7 heteroatoms. The minimum Gasteiger partial charge on any atom is -0.372 e. The molecular weight excluding hydrogens is 334 g/mol. The van der Waals surface area contributed by atoms with E-state index < -0.39 is 26.6 Å². The monoisotopic (exact) mass is 354 g/mol. The molecule has 0 aromatic heterocycles. The van der Waals surface area contributed by atoms with Crippen molar-refractivity contribution >= 4 is 21.4 Å². The Morgan fingerprint density at radius 3 is 2.12 bits per heavy atom. The molecule has 0 saturated heterocycles. The van der Waals surface area contributed by atoms with Gasteiger partial charge in [-0.15, -0.1) is 0 Å². The highest BCUT2D eigenvalue weighted by Gasteiger charge is 2.24. The summed E-state index contributed by atoms with van der Waals surface area (Å²) in [5, 5.41) is 0. The van der Waals surface area contributed by atoms with E-state index in [1.54, 1.807) is 19.1 Å². The fourth-order valence-electron chi connectivity index (χ4n) is 2.48. The van der Waals surface area contributed by atoms with E-state index in [2.05, 4.69) is 9.62 Å². The van der Waals surface area contributed by atoms with Gasteiger partial charge in [-0.1, -0.05) is 6.07 Å². The summed E-state index contributed by atoms with van der Waals surface area (Å²) in [5.41, 5.74) is 1.91. The second-order valence-electron chi connectivity index (χ2n) is 5.33. The van der Waals surface area contributed by atoms with Crippen molar-refractivity contribution in [1.29, 1.82) is 0 Å². The van der Waals surface area contributed by atoms with Crippen molar-refractivity contribution in [2.75, 3.05) is 22.7 Å². The number of aryl methyl sites for hydroxylation is 1. The maximum atomic E-state index is 13.7. The summed E-state index contributed by atoms with van der Waals surface area (Å²) in [6.45, 7) is 7.43. The topological polar surface area (TPSA) is 49.4 Å². The normalized spacial score (nSPS) is 11.4. The van der Waals surface area contributed by atoms with Gasteiger partial charge in [-0.3, -0.25) is 4.72 Å². The van der Waals surface area contributed by atoms with E-state index in [1.165, 1.54) is 0 Å². The van der Waals surface area contributed by atoms with Gasteiger partial charge in [0.05, 0.1) is 5.69 Å². The Morgan fingerprint density at radius 2 is 1.62 bits per heavy atom. The maximum absolute atomic E-state index is 13.7. The molecule has 130 valence electrons. The smallest absolute Gasteiger partial charge is 0.267 e. The Kier molecular flexibility index (Phi) is 5.43. The Bertz CT molecular complexity index is 814. The van der Waals surface area contributed by atoms with Gasteiger partial charge < -0.3 is 4.90 Å². The zero-order valence-corrected chi connectivity index (χ0v) is 14.6. The van der Waals surface area contributed by atoms with E-state index in [0.29, 0.717) is 5.56 Å². The van der Waals surface area contributed by atoms with Crippen LogP contribution in [0.3, 0.4) is 0 Å². The van der Waals surface area contributed by atoms with Crippen molar-refractivity contribution in [3.63, 3.8) is 0 Å². The number of benzene rings is 2. The summed E-state index contributed by atoms with van der Waals surface area (Å²) in [5.74, 6) is -2.25. The molecule has 0 aliphatic carbocycles. The number of nitrogens with one attached hydrogen (secondary N) is 1. The third-order valence-corrected chi connectivity index (χ3v) is 5.19. The van der Waals surface area contributed by atoms with Crippen molar-refractivity contribution in [3.8, 4) is 0 Å². The lowest BCUT2D eigenvalue weighted by Crippen LogP contribution is -2.22. The van der Waals surface area contributed by atoms with Crippen molar-refractivity contribution in [1.82, 2.24) is 0 Å². The average Bonchev–Trinajstić information content (AvgIpc) is 2.50. The third-order valence-electron chi connectivity index (χ3n) is 3.77. The predicted octanol–water partition coefficient (Wildman–Crippen LogP) is 3.92. The lowest BCUT2D eigenvalue weighted by atomic mass is 10.1.